The van der Waals surface area contributed by atoms with Gasteiger partial charge in [-0.15, -0.1) is 15.0 Å². The minimum atomic E-state index is -0.271. The molecular weight excluding hydrogens is 553 g/mol. The molecule has 192 valence electrons. The number of phenols is 1. The average molecular weight is 594 g/mol. The Morgan fingerprint density at radius 3 is 2.23 bits per heavy atom. The van der Waals surface area contributed by atoms with Gasteiger partial charge in [0, 0.05) is 24.9 Å². The lowest BCUT2D eigenvalue weighted by atomic mass is 9.84. The number of carbonyl (C=O) groups excluding carboxylic acids is 1. The maximum absolute atomic E-state index is 12.5. The van der Waals surface area contributed by atoms with Crippen LogP contribution in [-0.4, -0.2) is 63.7 Å². The molecular formula is C27H40IN5O2. The van der Waals surface area contributed by atoms with Crippen LogP contribution in [0.1, 0.15) is 58.6 Å². The number of carbonyl (C=O) groups is 1. The van der Waals surface area contributed by atoms with Crippen molar-refractivity contribution in [1.29, 1.82) is 0 Å². The SMILES string of the molecule is CC[N+](C)(CC)CCCNC(=O)CCc1cc(-n2nc3ccccc3n2)c(O)c(C(C)(C)C)c1.[I-]. The first-order chi connectivity index (χ1) is 16.1. The zero-order valence-corrected chi connectivity index (χ0v) is 24.1. The molecule has 0 bridgehead atoms. The van der Waals surface area contributed by atoms with Gasteiger partial charge in [-0.25, -0.2) is 0 Å². The Hall–Kier alpha value is -2.20. The zero-order chi connectivity index (χ0) is 24.9. The molecule has 1 heterocycles. The Morgan fingerprint density at radius 2 is 1.69 bits per heavy atom. The van der Waals surface area contributed by atoms with Gasteiger partial charge in [-0.05, 0) is 49.4 Å². The second-order valence-corrected chi connectivity index (χ2v) is 10.4. The first-order valence-corrected chi connectivity index (χ1v) is 12.4. The van der Waals surface area contributed by atoms with Gasteiger partial charge in [0.05, 0.1) is 26.7 Å². The molecule has 3 aromatic rings. The van der Waals surface area contributed by atoms with E-state index in [1.165, 1.54) is 4.80 Å². The van der Waals surface area contributed by atoms with Gasteiger partial charge < -0.3 is 38.9 Å². The van der Waals surface area contributed by atoms with E-state index < -0.39 is 0 Å². The summed E-state index contributed by atoms with van der Waals surface area (Å²) in [6.45, 7) is 14.6. The lowest BCUT2D eigenvalue weighted by Gasteiger charge is -2.32. The third-order valence-corrected chi connectivity index (χ3v) is 6.82. The van der Waals surface area contributed by atoms with E-state index in [0.717, 1.165) is 52.7 Å². The van der Waals surface area contributed by atoms with Gasteiger partial charge in [0.1, 0.15) is 22.5 Å². The van der Waals surface area contributed by atoms with Crippen molar-refractivity contribution in [3.05, 3.63) is 47.5 Å². The highest BCUT2D eigenvalue weighted by Crippen LogP contribution is 2.36. The number of benzene rings is 2. The Morgan fingerprint density at radius 1 is 1.09 bits per heavy atom. The Bertz CT molecular complexity index is 1100. The summed E-state index contributed by atoms with van der Waals surface area (Å²) >= 11 is 0. The van der Waals surface area contributed by atoms with Crippen LogP contribution in [-0.2, 0) is 16.6 Å². The molecule has 0 unspecified atom stereocenters. The number of aromatic nitrogens is 3. The van der Waals surface area contributed by atoms with Crippen LogP contribution in [0.5, 0.6) is 5.75 Å². The highest BCUT2D eigenvalue weighted by Gasteiger charge is 2.23. The lowest BCUT2D eigenvalue weighted by Crippen LogP contribution is -3.00. The van der Waals surface area contributed by atoms with Crippen LogP contribution >= 0.6 is 0 Å². The first kappa shape index (κ1) is 29.0. The molecule has 2 aromatic carbocycles. The standard InChI is InChI=1S/C27H39N5O2.HI/c1-7-32(6,8-2)17-11-16-28-25(33)15-14-20-18-21(27(3,4)5)26(34)24(19-20)31-29-22-12-9-10-13-23(22)30-31;/h9-10,12-13,18-19H,7-8,11,14-17H2,1-6H3,(H-,28,33,34);1H. The third-order valence-electron chi connectivity index (χ3n) is 6.82. The molecule has 0 fully saturated rings. The van der Waals surface area contributed by atoms with Gasteiger partial charge in [-0.2, -0.15) is 0 Å². The van der Waals surface area contributed by atoms with Crippen LogP contribution in [0.2, 0.25) is 0 Å². The summed E-state index contributed by atoms with van der Waals surface area (Å²) in [6, 6.07) is 11.5. The summed E-state index contributed by atoms with van der Waals surface area (Å²) in [5, 5.41) is 23.2. The number of hydrogen-bond donors (Lipinski definition) is 2. The summed E-state index contributed by atoms with van der Waals surface area (Å²) < 4.78 is 1.03. The van der Waals surface area contributed by atoms with Crippen LogP contribution in [0.15, 0.2) is 36.4 Å². The molecule has 0 aliphatic heterocycles. The van der Waals surface area contributed by atoms with E-state index in [9.17, 15) is 9.90 Å². The number of aryl methyl sites for hydroxylation is 1. The van der Waals surface area contributed by atoms with E-state index in [1.807, 2.05) is 36.4 Å². The van der Waals surface area contributed by atoms with Gasteiger partial charge in [-0.3, -0.25) is 4.79 Å². The quantitative estimate of drug-likeness (QED) is 0.212. The minimum Gasteiger partial charge on any atom is -1.00 e. The molecule has 0 saturated carbocycles. The number of phenolic OH excluding ortho intramolecular Hbond substituents is 1. The fraction of sp³-hybridized carbons (Fsp3) is 0.519. The smallest absolute Gasteiger partial charge is 0.220 e. The molecule has 2 N–H and O–H groups in total. The van der Waals surface area contributed by atoms with E-state index in [0.29, 0.717) is 25.1 Å². The number of rotatable bonds is 10. The summed E-state index contributed by atoms with van der Waals surface area (Å²) in [6.07, 6.45) is 1.96. The molecule has 3 rings (SSSR count). The molecule has 0 spiro atoms. The van der Waals surface area contributed by atoms with Crippen molar-refractivity contribution in [1.82, 2.24) is 20.3 Å². The van der Waals surface area contributed by atoms with Crippen molar-refractivity contribution in [3.63, 3.8) is 0 Å². The lowest BCUT2D eigenvalue weighted by molar-refractivity contribution is -0.906. The van der Waals surface area contributed by atoms with E-state index >= 15 is 0 Å². The molecule has 0 radical (unpaired) electrons. The van der Waals surface area contributed by atoms with Crippen molar-refractivity contribution >= 4 is 16.9 Å². The predicted molar refractivity (Wildman–Crippen MR) is 137 cm³/mol. The van der Waals surface area contributed by atoms with Crippen LogP contribution < -0.4 is 29.3 Å². The largest absolute Gasteiger partial charge is 1.00 e. The van der Waals surface area contributed by atoms with Gasteiger partial charge in [0.25, 0.3) is 0 Å². The van der Waals surface area contributed by atoms with Crippen LogP contribution in [0.3, 0.4) is 0 Å². The third kappa shape index (κ3) is 7.39. The Balaban J connectivity index is 0.00000432. The molecule has 1 aromatic heterocycles. The van der Waals surface area contributed by atoms with Gasteiger partial charge in [0.15, 0.2) is 0 Å². The van der Waals surface area contributed by atoms with Crippen molar-refractivity contribution in [2.24, 2.45) is 0 Å². The number of aromatic hydroxyl groups is 1. The topological polar surface area (TPSA) is 80.0 Å². The average Bonchev–Trinajstić information content (AvgIpc) is 3.24. The first-order valence-electron chi connectivity index (χ1n) is 12.4. The predicted octanol–water partition coefficient (Wildman–Crippen LogP) is 1.35. The number of amides is 1. The van der Waals surface area contributed by atoms with E-state index in [1.54, 1.807) is 0 Å². The van der Waals surface area contributed by atoms with Crippen LogP contribution in [0, 0.1) is 0 Å². The fourth-order valence-electron chi connectivity index (χ4n) is 4.09. The molecule has 7 nitrogen and oxygen atoms in total. The maximum Gasteiger partial charge on any atom is 0.220 e. The zero-order valence-electron chi connectivity index (χ0n) is 21.9. The molecule has 0 atom stereocenters. The molecule has 0 aliphatic carbocycles. The van der Waals surface area contributed by atoms with Crippen LogP contribution in [0.4, 0.5) is 0 Å². The number of halogens is 1. The molecule has 35 heavy (non-hydrogen) atoms. The normalized spacial score (nSPS) is 11.9. The maximum atomic E-state index is 12.5. The van der Waals surface area contributed by atoms with Gasteiger partial charge >= 0.3 is 0 Å². The molecule has 0 saturated heterocycles. The van der Waals surface area contributed by atoms with Crippen LogP contribution in [0.25, 0.3) is 16.7 Å². The highest BCUT2D eigenvalue weighted by atomic mass is 127. The Labute approximate surface area is 226 Å². The summed E-state index contributed by atoms with van der Waals surface area (Å²) in [5.74, 6) is 0.228. The minimum absolute atomic E-state index is 0. The fourth-order valence-corrected chi connectivity index (χ4v) is 4.09. The monoisotopic (exact) mass is 593 g/mol. The molecule has 1 amide bonds. The number of hydrogen-bond acceptors (Lipinski definition) is 4. The molecule has 0 aliphatic rings. The summed E-state index contributed by atoms with van der Waals surface area (Å²) in [5.41, 5.74) is 3.60. The molecule has 8 heteroatoms. The Kier molecular flexibility index (Phi) is 10.1. The van der Waals surface area contributed by atoms with Gasteiger partial charge in [-0.1, -0.05) is 39.0 Å². The second kappa shape index (κ2) is 12.2. The van der Waals surface area contributed by atoms with Crippen molar-refractivity contribution in [3.8, 4) is 11.4 Å². The van der Waals surface area contributed by atoms with E-state index in [4.69, 9.17) is 0 Å². The highest BCUT2D eigenvalue weighted by molar-refractivity contribution is 5.76. The van der Waals surface area contributed by atoms with Crippen molar-refractivity contribution in [2.75, 3.05) is 33.2 Å². The number of fused-ring (bicyclic) bond motifs is 1. The number of nitrogens with one attached hydrogen (secondary N) is 1. The van der Waals surface area contributed by atoms with Crippen molar-refractivity contribution in [2.45, 2.75) is 59.3 Å². The van der Waals surface area contributed by atoms with Gasteiger partial charge in [0.2, 0.25) is 5.91 Å². The summed E-state index contributed by atoms with van der Waals surface area (Å²) in [7, 11) is 2.26. The number of nitrogens with zero attached hydrogens (tertiary/aromatic N) is 4. The second-order valence-electron chi connectivity index (χ2n) is 10.4. The van der Waals surface area contributed by atoms with E-state index in [-0.39, 0.29) is 41.0 Å². The number of quaternary nitrogens is 1. The summed E-state index contributed by atoms with van der Waals surface area (Å²) in [4.78, 5) is 14.0. The van der Waals surface area contributed by atoms with E-state index in [2.05, 4.69) is 57.2 Å². The van der Waals surface area contributed by atoms with Crippen molar-refractivity contribution < 1.29 is 38.4 Å².